The van der Waals surface area contributed by atoms with Crippen LogP contribution in [0.5, 0.6) is 0 Å². The molecule has 1 aromatic carbocycles. The minimum absolute atomic E-state index is 0.259. The lowest BCUT2D eigenvalue weighted by Gasteiger charge is -2.24. The maximum atomic E-state index is 14.1. The van der Waals surface area contributed by atoms with Gasteiger partial charge in [0.15, 0.2) is 0 Å². The predicted molar refractivity (Wildman–Crippen MR) is 115 cm³/mol. The molecule has 9 heteroatoms. The number of H-pyrrole nitrogens is 1. The molecule has 29 heavy (non-hydrogen) atoms. The molecule has 154 valence electrons. The molecule has 0 aliphatic rings. The molecule has 0 aliphatic carbocycles. The van der Waals surface area contributed by atoms with Gasteiger partial charge in [0.05, 0.1) is 18.0 Å². The van der Waals surface area contributed by atoms with E-state index in [1.165, 1.54) is 6.07 Å². The molecular formula is C20H21BrFN3O3S. The van der Waals surface area contributed by atoms with Crippen molar-refractivity contribution in [1.82, 2.24) is 14.9 Å². The Labute approximate surface area is 179 Å². The first kappa shape index (κ1) is 21.6. The second-order valence-corrected chi connectivity index (χ2v) is 8.65. The van der Waals surface area contributed by atoms with E-state index >= 15 is 0 Å². The van der Waals surface area contributed by atoms with E-state index in [1.54, 1.807) is 26.0 Å². The maximum absolute atomic E-state index is 14.1. The molecule has 0 saturated carbocycles. The second kappa shape index (κ2) is 8.73. The number of carbonyl (C=O) groups excluding carboxylic acids is 1. The van der Waals surface area contributed by atoms with Crippen LogP contribution in [0.1, 0.15) is 46.5 Å². The number of esters is 1. The highest BCUT2D eigenvalue weighted by atomic mass is 79.9. The summed E-state index contributed by atoms with van der Waals surface area (Å²) >= 11 is 4.50. The molecule has 6 nitrogen and oxygen atoms in total. The summed E-state index contributed by atoms with van der Waals surface area (Å²) in [5.74, 6) is -0.293. The fourth-order valence-electron chi connectivity index (χ4n) is 3.03. The molecule has 0 spiro atoms. The number of thiophene rings is 1. The summed E-state index contributed by atoms with van der Waals surface area (Å²) in [6.07, 6.45) is 0. The van der Waals surface area contributed by atoms with E-state index in [-0.39, 0.29) is 24.0 Å². The number of hydrogen-bond acceptors (Lipinski definition) is 6. The summed E-state index contributed by atoms with van der Waals surface area (Å²) < 4.78 is 20.0. The van der Waals surface area contributed by atoms with Crippen LogP contribution in [0.25, 0.3) is 10.2 Å². The number of halogens is 2. The highest BCUT2D eigenvalue weighted by Gasteiger charge is 2.22. The van der Waals surface area contributed by atoms with Crippen LogP contribution in [-0.4, -0.2) is 34.5 Å². The number of nitrogens with one attached hydrogen (secondary N) is 1. The van der Waals surface area contributed by atoms with E-state index in [0.29, 0.717) is 38.6 Å². The highest BCUT2D eigenvalue weighted by Crippen LogP contribution is 2.29. The standard InChI is InChI=1S/C20H21BrFN3O3S/c1-5-28-20(27)16-10(2)15-18(26)23-17(24-19(15)29-16)11(3)25(4)9-12-8-13(21)6-7-14(12)22/h6-8,11H,5,9H2,1-4H3,(H,23,24,26). The molecule has 1 unspecified atom stereocenters. The first-order chi connectivity index (χ1) is 13.7. The van der Waals surface area contributed by atoms with Crippen molar-refractivity contribution in [3.8, 4) is 0 Å². The number of ether oxygens (including phenoxy) is 1. The first-order valence-corrected chi connectivity index (χ1v) is 10.7. The summed E-state index contributed by atoms with van der Waals surface area (Å²) in [5, 5.41) is 0.398. The number of rotatable bonds is 6. The van der Waals surface area contributed by atoms with E-state index < -0.39 is 5.97 Å². The molecule has 0 saturated heterocycles. The van der Waals surface area contributed by atoms with Gasteiger partial charge in [-0.3, -0.25) is 9.69 Å². The Hall–Kier alpha value is -2.10. The molecule has 0 amide bonds. The summed E-state index contributed by atoms with van der Waals surface area (Å²) in [4.78, 5) is 35.0. The molecule has 1 atom stereocenters. The number of fused-ring (bicyclic) bond motifs is 1. The summed E-state index contributed by atoms with van der Waals surface area (Å²) in [5.41, 5.74) is 0.804. The Morgan fingerprint density at radius 1 is 1.45 bits per heavy atom. The zero-order valence-corrected chi connectivity index (χ0v) is 18.9. The Balaban J connectivity index is 1.93. The van der Waals surface area contributed by atoms with Crippen LogP contribution >= 0.6 is 27.3 Å². The maximum Gasteiger partial charge on any atom is 0.348 e. The number of nitrogens with zero attached hydrogens (tertiary/aromatic N) is 2. The third kappa shape index (κ3) is 4.41. The predicted octanol–water partition coefficient (Wildman–Crippen LogP) is 4.56. The van der Waals surface area contributed by atoms with Crippen LogP contribution in [0.2, 0.25) is 0 Å². The molecule has 0 bridgehead atoms. The second-order valence-electron chi connectivity index (χ2n) is 6.73. The smallest absolute Gasteiger partial charge is 0.348 e. The van der Waals surface area contributed by atoms with Crippen LogP contribution in [0.4, 0.5) is 4.39 Å². The summed E-state index contributed by atoms with van der Waals surface area (Å²) in [6.45, 7) is 5.93. The largest absolute Gasteiger partial charge is 0.462 e. The quantitative estimate of drug-likeness (QED) is 0.522. The minimum atomic E-state index is -0.454. The fraction of sp³-hybridized carbons (Fsp3) is 0.350. The van der Waals surface area contributed by atoms with Crippen molar-refractivity contribution in [3.63, 3.8) is 0 Å². The van der Waals surface area contributed by atoms with Gasteiger partial charge < -0.3 is 9.72 Å². The van der Waals surface area contributed by atoms with Crippen molar-refractivity contribution in [3.05, 3.63) is 60.7 Å². The van der Waals surface area contributed by atoms with Crippen molar-refractivity contribution in [2.24, 2.45) is 0 Å². The van der Waals surface area contributed by atoms with Crippen molar-refractivity contribution in [1.29, 1.82) is 0 Å². The topological polar surface area (TPSA) is 75.3 Å². The SMILES string of the molecule is CCOC(=O)c1sc2nc(C(C)N(C)Cc3cc(Br)ccc3F)[nH]c(=O)c2c1C. The van der Waals surface area contributed by atoms with Gasteiger partial charge in [0.25, 0.3) is 5.56 Å². The van der Waals surface area contributed by atoms with Crippen LogP contribution in [0.15, 0.2) is 27.5 Å². The van der Waals surface area contributed by atoms with E-state index in [4.69, 9.17) is 4.74 Å². The van der Waals surface area contributed by atoms with Crippen LogP contribution < -0.4 is 5.56 Å². The lowest BCUT2D eigenvalue weighted by atomic mass is 10.1. The van der Waals surface area contributed by atoms with Crippen LogP contribution in [0.3, 0.4) is 0 Å². The van der Waals surface area contributed by atoms with Gasteiger partial charge in [-0.05, 0) is 51.6 Å². The fourth-order valence-corrected chi connectivity index (χ4v) is 4.52. The summed E-state index contributed by atoms with van der Waals surface area (Å²) in [7, 11) is 1.83. The lowest BCUT2D eigenvalue weighted by Crippen LogP contribution is -2.26. The lowest BCUT2D eigenvalue weighted by molar-refractivity contribution is 0.0531. The number of aryl methyl sites for hydroxylation is 1. The third-order valence-electron chi connectivity index (χ3n) is 4.76. The molecular weight excluding hydrogens is 461 g/mol. The average Bonchev–Trinajstić information content (AvgIpc) is 3.01. The van der Waals surface area contributed by atoms with E-state index in [0.717, 1.165) is 15.8 Å². The monoisotopic (exact) mass is 481 g/mol. The molecule has 0 radical (unpaired) electrons. The van der Waals surface area contributed by atoms with Gasteiger partial charge in [0.2, 0.25) is 0 Å². The zero-order valence-electron chi connectivity index (χ0n) is 16.5. The Bertz CT molecular complexity index is 1130. The average molecular weight is 482 g/mol. The number of aromatic nitrogens is 2. The molecule has 1 N–H and O–H groups in total. The van der Waals surface area contributed by atoms with E-state index in [2.05, 4.69) is 25.9 Å². The van der Waals surface area contributed by atoms with E-state index in [1.807, 2.05) is 18.9 Å². The Morgan fingerprint density at radius 2 is 2.17 bits per heavy atom. The Morgan fingerprint density at radius 3 is 2.86 bits per heavy atom. The third-order valence-corrected chi connectivity index (χ3v) is 6.42. The molecule has 0 fully saturated rings. The van der Waals surface area contributed by atoms with Gasteiger partial charge in [0.1, 0.15) is 21.3 Å². The first-order valence-electron chi connectivity index (χ1n) is 9.07. The van der Waals surface area contributed by atoms with Crippen LogP contribution in [0, 0.1) is 12.7 Å². The number of benzene rings is 1. The van der Waals surface area contributed by atoms with Gasteiger partial charge in [-0.25, -0.2) is 14.2 Å². The minimum Gasteiger partial charge on any atom is -0.462 e. The van der Waals surface area contributed by atoms with Gasteiger partial charge in [-0.15, -0.1) is 11.3 Å². The Kier molecular flexibility index (Phi) is 6.50. The van der Waals surface area contributed by atoms with E-state index in [9.17, 15) is 14.0 Å². The number of aromatic amines is 1. The number of hydrogen-bond donors (Lipinski definition) is 1. The molecule has 3 rings (SSSR count). The van der Waals surface area contributed by atoms with Gasteiger partial charge in [-0.2, -0.15) is 0 Å². The van der Waals surface area contributed by atoms with Crippen molar-refractivity contribution in [2.75, 3.05) is 13.7 Å². The normalized spacial score (nSPS) is 12.5. The van der Waals surface area contributed by atoms with Crippen LogP contribution in [-0.2, 0) is 11.3 Å². The van der Waals surface area contributed by atoms with Gasteiger partial charge >= 0.3 is 5.97 Å². The highest BCUT2D eigenvalue weighted by molar-refractivity contribution is 9.10. The van der Waals surface area contributed by atoms with Gasteiger partial charge in [0, 0.05) is 16.6 Å². The van der Waals surface area contributed by atoms with Crippen molar-refractivity contribution in [2.45, 2.75) is 33.4 Å². The van der Waals surface area contributed by atoms with Gasteiger partial charge in [-0.1, -0.05) is 15.9 Å². The van der Waals surface area contributed by atoms with Crippen molar-refractivity contribution >= 4 is 43.5 Å². The molecule has 3 aromatic rings. The molecule has 2 heterocycles. The zero-order chi connectivity index (χ0) is 21.3. The molecule has 0 aliphatic heterocycles. The van der Waals surface area contributed by atoms with Crippen molar-refractivity contribution < 1.29 is 13.9 Å². The molecule has 2 aromatic heterocycles. The number of carbonyl (C=O) groups is 1. The summed E-state index contributed by atoms with van der Waals surface area (Å²) in [6, 6.07) is 4.51.